The third-order valence-corrected chi connectivity index (χ3v) is 1.61. The van der Waals surface area contributed by atoms with Gasteiger partial charge in [-0.3, -0.25) is 0 Å². The van der Waals surface area contributed by atoms with E-state index in [1.54, 1.807) is 13.8 Å². The molecule has 0 unspecified atom stereocenters. The van der Waals surface area contributed by atoms with Gasteiger partial charge in [0.2, 0.25) is 0 Å². The molecule has 0 amide bonds. The minimum Gasteiger partial charge on any atom is -0.376 e. The van der Waals surface area contributed by atoms with E-state index in [2.05, 4.69) is 0 Å². The van der Waals surface area contributed by atoms with Gasteiger partial charge in [0.25, 0.3) is 5.92 Å². The Balaban J connectivity index is 3.68. The summed E-state index contributed by atoms with van der Waals surface area (Å²) in [6.07, 6.45) is 0. The maximum Gasteiger partial charge on any atom is 0.282 e. The van der Waals surface area contributed by atoms with Gasteiger partial charge in [0, 0.05) is 7.11 Å². The van der Waals surface area contributed by atoms with E-state index in [0.717, 1.165) is 0 Å². The highest BCUT2D eigenvalue weighted by Gasteiger charge is 2.28. The second kappa shape index (κ2) is 4.83. The lowest BCUT2D eigenvalue weighted by atomic mass is 10.1. The molecule has 0 aliphatic rings. The van der Waals surface area contributed by atoms with E-state index < -0.39 is 24.7 Å². The summed E-state index contributed by atoms with van der Waals surface area (Å²) < 4.78 is 34.9. The van der Waals surface area contributed by atoms with Gasteiger partial charge >= 0.3 is 0 Å². The van der Waals surface area contributed by atoms with Crippen LogP contribution in [0, 0.1) is 0 Å². The van der Waals surface area contributed by atoms with Crippen LogP contribution in [0.2, 0.25) is 0 Å². The molecule has 0 aromatic carbocycles. The number of halogens is 2. The lowest BCUT2D eigenvalue weighted by Crippen LogP contribution is -2.36. The molecule has 0 radical (unpaired) electrons. The molecule has 0 aromatic rings. The van der Waals surface area contributed by atoms with Crippen LogP contribution in [-0.4, -0.2) is 38.4 Å². The SMILES string of the molecule is COC(C)(C)COCC(F)(F)CN. The fourth-order valence-electron chi connectivity index (χ4n) is 0.564. The zero-order chi connectivity index (χ0) is 10.5. The molecule has 0 fully saturated rings. The molecule has 0 atom stereocenters. The summed E-state index contributed by atoms with van der Waals surface area (Å²) in [6.45, 7) is 2.29. The molecule has 0 aliphatic carbocycles. The summed E-state index contributed by atoms with van der Waals surface area (Å²) in [5.74, 6) is -2.94. The normalized spacial score (nSPS) is 13.4. The van der Waals surface area contributed by atoms with Crippen LogP contribution in [0.5, 0.6) is 0 Å². The van der Waals surface area contributed by atoms with E-state index in [4.69, 9.17) is 15.2 Å². The van der Waals surface area contributed by atoms with Crippen molar-refractivity contribution in [3.8, 4) is 0 Å². The maximum absolute atomic E-state index is 12.5. The molecule has 0 aromatic heterocycles. The first kappa shape index (κ1) is 12.7. The summed E-state index contributed by atoms with van der Waals surface area (Å²) in [5, 5.41) is 0. The summed E-state index contributed by atoms with van der Waals surface area (Å²) >= 11 is 0. The van der Waals surface area contributed by atoms with E-state index in [1.807, 2.05) is 0 Å². The Bertz CT molecular complexity index is 135. The Kier molecular flexibility index (Phi) is 4.74. The topological polar surface area (TPSA) is 44.5 Å². The average Bonchev–Trinajstić information content (AvgIpc) is 2.04. The monoisotopic (exact) mass is 197 g/mol. The van der Waals surface area contributed by atoms with Gasteiger partial charge in [0.1, 0.15) is 6.61 Å². The van der Waals surface area contributed by atoms with Crippen molar-refractivity contribution in [3.05, 3.63) is 0 Å². The van der Waals surface area contributed by atoms with Crippen LogP contribution in [0.1, 0.15) is 13.8 Å². The Morgan fingerprint density at radius 3 is 2.15 bits per heavy atom. The lowest BCUT2D eigenvalue weighted by Gasteiger charge is -2.24. The van der Waals surface area contributed by atoms with Crippen molar-refractivity contribution < 1.29 is 18.3 Å². The van der Waals surface area contributed by atoms with Crippen molar-refractivity contribution in [3.63, 3.8) is 0 Å². The van der Waals surface area contributed by atoms with Gasteiger partial charge in [-0.15, -0.1) is 0 Å². The lowest BCUT2D eigenvalue weighted by molar-refractivity contribution is -0.110. The summed E-state index contributed by atoms with van der Waals surface area (Å²) in [5.41, 5.74) is 4.29. The molecule has 0 aliphatic heterocycles. The third-order valence-electron chi connectivity index (χ3n) is 1.61. The Labute approximate surface area is 77.2 Å². The number of hydrogen-bond acceptors (Lipinski definition) is 3. The Morgan fingerprint density at radius 2 is 1.77 bits per heavy atom. The predicted molar refractivity (Wildman–Crippen MR) is 45.9 cm³/mol. The average molecular weight is 197 g/mol. The molecular formula is C8H17F2NO2. The molecule has 2 N–H and O–H groups in total. The van der Waals surface area contributed by atoms with Gasteiger partial charge < -0.3 is 15.2 Å². The second-order valence-corrected chi connectivity index (χ2v) is 3.52. The molecule has 3 nitrogen and oxygen atoms in total. The Morgan fingerprint density at radius 1 is 1.23 bits per heavy atom. The number of hydrogen-bond donors (Lipinski definition) is 1. The van der Waals surface area contributed by atoms with Gasteiger partial charge in [0.15, 0.2) is 0 Å². The van der Waals surface area contributed by atoms with Gasteiger partial charge in [-0.2, -0.15) is 0 Å². The van der Waals surface area contributed by atoms with E-state index in [1.165, 1.54) is 7.11 Å². The predicted octanol–water partition coefficient (Wildman–Crippen LogP) is 1.02. The van der Waals surface area contributed by atoms with Crippen LogP contribution < -0.4 is 5.73 Å². The highest BCUT2D eigenvalue weighted by atomic mass is 19.3. The van der Waals surface area contributed by atoms with Crippen LogP contribution in [0.15, 0.2) is 0 Å². The summed E-state index contributed by atoms with van der Waals surface area (Å²) in [4.78, 5) is 0. The van der Waals surface area contributed by atoms with Gasteiger partial charge in [-0.25, -0.2) is 8.78 Å². The first-order valence-corrected chi connectivity index (χ1v) is 4.04. The van der Waals surface area contributed by atoms with Crippen molar-refractivity contribution in [1.29, 1.82) is 0 Å². The molecule has 80 valence electrons. The third kappa shape index (κ3) is 5.90. The van der Waals surface area contributed by atoms with E-state index in [0.29, 0.717) is 0 Å². The molecule has 0 rings (SSSR count). The van der Waals surface area contributed by atoms with Crippen LogP contribution in [0.3, 0.4) is 0 Å². The largest absolute Gasteiger partial charge is 0.376 e. The molecule has 13 heavy (non-hydrogen) atoms. The fourth-order valence-corrected chi connectivity index (χ4v) is 0.564. The highest BCUT2D eigenvalue weighted by molar-refractivity contribution is 4.69. The summed E-state index contributed by atoms with van der Waals surface area (Å²) in [6, 6.07) is 0. The molecule has 0 spiro atoms. The van der Waals surface area contributed by atoms with Gasteiger partial charge in [-0.05, 0) is 13.8 Å². The van der Waals surface area contributed by atoms with Crippen LogP contribution in [-0.2, 0) is 9.47 Å². The van der Waals surface area contributed by atoms with Crippen LogP contribution in [0.25, 0.3) is 0 Å². The Hall–Kier alpha value is -0.260. The van der Waals surface area contributed by atoms with E-state index in [-0.39, 0.29) is 6.61 Å². The number of ether oxygens (including phenoxy) is 2. The van der Waals surface area contributed by atoms with Gasteiger partial charge in [-0.1, -0.05) is 0 Å². The molecule has 0 saturated carbocycles. The quantitative estimate of drug-likeness (QED) is 0.691. The van der Waals surface area contributed by atoms with Crippen molar-refractivity contribution in [2.75, 3.05) is 26.9 Å². The molecular weight excluding hydrogens is 180 g/mol. The number of nitrogens with two attached hydrogens (primary N) is 1. The zero-order valence-corrected chi connectivity index (χ0v) is 8.27. The minimum absolute atomic E-state index is 0.124. The number of alkyl halides is 2. The van der Waals surface area contributed by atoms with Crippen LogP contribution in [0.4, 0.5) is 8.78 Å². The van der Waals surface area contributed by atoms with Crippen molar-refractivity contribution in [1.82, 2.24) is 0 Å². The van der Waals surface area contributed by atoms with Crippen molar-refractivity contribution in [2.45, 2.75) is 25.4 Å². The molecule has 0 heterocycles. The smallest absolute Gasteiger partial charge is 0.282 e. The number of rotatable bonds is 6. The highest BCUT2D eigenvalue weighted by Crippen LogP contribution is 2.14. The van der Waals surface area contributed by atoms with Crippen LogP contribution >= 0.6 is 0 Å². The first-order valence-electron chi connectivity index (χ1n) is 4.04. The van der Waals surface area contributed by atoms with E-state index in [9.17, 15) is 8.78 Å². The molecule has 0 bridgehead atoms. The standard InChI is InChI=1S/C8H17F2NO2/c1-7(2,12-3)5-13-6-8(9,10)4-11/h4-6,11H2,1-3H3. The fraction of sp³-hybridized carbons (Fsp3) is 1.00. The minimum atomic E-state index is -2.94. The summed E-state index contributed by atoms with van der Waals surface area (Å²) in [7, 11) is 1.50. The van der Waals surface area contributed by atoms with Crippen molar-refractivity contribution >= 4 is 0 Å². The van der Waals surface area contributed by atoms with Crippen molar-refractivity contribution in [2.24, 2.45) is 5.73 Å². The maximum atomic E-state index is 12.5. The number of methoxy groups -OCH3 is 1. The zero-order valence-electron chi connectivity index (χ0n) is 8.27. The van der Waals surface area contributed by atoms with E-state index >= 15 is 0 Å². The first-order chi connectivity index (χ1) is 5.83. The molecule has 0 saturated heterocycles. The molecule has 5 heteroatoms. The second-order valence-electron chi connectivity index (χ2n) is 3.52. The van der Waals surface area contributed by atoms with Gasteiger partial charge in [0.05, 0.1) is 18.8 Å².